The molecule has 2 heterocycles. The highest BCUT2D eigenvalue weighted by Crippen LogP contribution is 2.32. The number of para-hydroxylation sites is 1. The number of rotatable bonds is 2. The second-order valence-corrected chi connectivity index (χ2v) is 8.73. The Hall–Kier alpha value is -4.83. The second-order valence-electron chi connectivity index (χ2n) is 8.32. The van der Waals surface area contributed by atoms with Crippen LogP contribution in [-0.4, -0.2) is 9.97 Å². The van der Waals surface area contributed by atoms with Crippen LogP contribution in [0.2, 0.25) is 5.02 Å². The highest BCUT2D eigenvalue weighted by atomic mass is 35.5. The maximum Gasteiger partial charge on any atom is 0.416 e. The average Bonchev–Trinajstić information content (AvgIpc) is 2.93. The Balaban J connectivity index is 0.000000164. The summed E-state index contributed by atoms with van der Waals surface area (Å²) < 4.78 is 61.9. The van der Waals surface area contributed by atoms with Crippen molar-refractivity contribution in [3.05, 3.63) is 128 Å². The van der Waals surface area contributed by atoms with Crippen LogP contribution in [0.3, 0.4) is 0 Å². The molecule has 0 bridgehead atoms. The van der Waals surface area contributed by atoms with Crippen molar-refractivity contribution in [1.29, 1.82) is 0 Å². The molecule has 0 amide bonds. The molecular formula is C29H15ClF4N2O4. The molecule has 6 nitrogen and oxygen atoms in total. The van der Waals surface area contributed by atoms with E-state index in [1.165, 1.54) is 36.4 Å². The van der Waals surface area contributed by atoms with Gasteiger partial charge >= 0.3 is 17.4 Å². The highest BCUT2D eigenvalue weighted by Gasteiger charge is 2.30. The fraction of sp³-hybridized carbons (Fsp3) is 0.0345. The van der Waals surface area contributed by atoms with Crippen molar-refractivity contribution in [3.63, 3.8) is 0 Å². The number of benzene rings is 4. The van der Waals surface area contributed by atoms with Crippen molar-refractivity contribution in [2.75, 3.05) is 0 Å². The van der Waals surface area contributed by atoms with Crippen LogP contribution in [0.25, 0.3) is 44.7 Å². The standard InChI is InChI=1S/C15H7ClF3NO2.C14H8FNO2/c16-10-5-2-6-11-12(10)14(21)22-13(20-11)8-3-1-4-9(7-8)15(17,18)19;15-11-7-3-1-5-9(11)13-16-12-8-4-2-6-10(12)14(17)18-13/h1-7H;1-8H. The lowest BCUT2D eigenvalue weighted by atomic mass is 10.1. The third kappa shape index (κ3) is 5.48. The molecule has 0 aliphatic heterocycles. The fourth-order valence-electron chi connectivity index (χ4n) is 3.80. The van der Waals surface area contributed by atoms with E-state index in [9.17, 15) is 27.2 Å². The summed E-state index contributed by atoms with van der Waals surface area (Å²) in [4.78, 5) is 31.9. The van der Waals surface area contributed by atoms with Crippen LogP contribution in [0.5, 0.6) is 0 Å². The van der Waals surface area contributed by atoms with Crippen molar-refractivity contribution in [2.24, 2.45) is 0 Å². The molecule has 200 valence electrons. The minimum absolute atomic E-state index is 0.00296. The van der Waals surface area contributed by atoms with E-state index < -0.39 is 28.8 Å². The van der Waals surface area contributed by atoms with Gasteiger partial charge in [-0.1, -0.05) is 48.0 Å². The third-order valence-electron chi connectivity index (χ3n) is 5.68. The maximum atomic E-state index is 13.6. The minimum atomic E-state index is -4.49. The molecule has 0 spiro atoms. The number of alkyl halides is 3. The van der Waals surface area contributed by atoms with Crippen LogP contribution in [0, 0.1) is 5.82 Å². The van der Waals surface area contributed by atoms with E-state index in [4.69, 9.17) is 20.4 Å². The Labute approximate surface area is 227 Å². The van der Waals surface area contributed by atoms with Gasteiger partial charge in [0.1, 0.15) is 11.2 Å². The van der Waals surface area contributed by atoms with Gasteiger partial charge in [-0.05, 0) is 54.6 Å². The zero-order valence-corrected chi connectivity index (χ0v) is 20.8. The first-order valence-electron chi connectivity index (χ1n) is 11.5. The molecule has 0 fully saturated rings. The Morgan fingerprint density at radius 3 is 2.12 bits per heavy atom. The van der Waals surface area contributed by atoms with Crippen LogP contribution in [-0.2, 0) is 6.18 Å². The van der Waals surface area contributed by atoms with Crippen molar-refractivity contribution < 1.29 is 26.4 Å². The molecular weight excluding hydrogens is 552 g/mol. The summed E-state index contributed by atoms with van der Waals surface area (Å²) >= 11 is 5.90. The molecule has 0 saturated heterocycles. The maximum absolute atomic E-state index is 13.6. The Bertz CT molecular complexity index is 1990. The van der Waals surface area contributed by atoms with Crippen LogP contribution < -0.4 is 11.3 Å². The lowest BCUT2D eigenvalue weighted by molar-refractivity contribution is -0.137. The predicted molar refractivity (Wildman–Crippen MR) is 141 cm³/mol. The lowest BCUT2D eigenvalue weighted by Gasteiger charge is -2.08. The Morgan fingerprint density at radius 2 is 1.35 bits per heavy atom. The molecule has 2 aromatic heterocycles. The number of halogens is 5. The smallest absolute Gasteiger partial charge is 0.403 e. The highest BCUT2D eigenvalue weighted by molar-refractivity contribution is 6.35. The number of hydrogen-bond acceptors (Lipinski definition) is 6. The zero-order valence-electron chi connectivity index (χ0n) is 20.1. The Morgan fingerprint density at radius 1 is 0.700 bits per heavy atom. The van der Waals surface area contributed by atoms with E-state index in [0.717, 1.165) is 12.1 Å². The molecule has 4 aromatic carbocycles. The van der Waals surface area contributed by atoms with Gasteiger partial charge in [-0.25, -0.2) is 23.9 Å². The molecule has 6 aromatic rings. The van der Waals surface area contributed by atoms with Gasteiger partial charge in [0.25, 0.3) is 0 Å². The molecule has 6 rings (SSSR count). The summed E-state index contributed by atoms with van der Waals surface area (Å²) in [6.45, 7) is 0. The SMILES string of the molecule is O=c1oc(-c2cccc(C(F)(F)F)c2)nc2cccc(Cl)c12.O=c1oc(-c2ccccc2F)nc2ccccc12. The van der Waals surface area contributed by atoms with E-state index in [-0.39, 0.29) is 38.8 Å². The molecule has 0 atom stereocenters. The van der Waals surface area contributed by atoms with E-state index in [1.807, 2.05) is 0 Å². The molecule has 0 N–H and O–H groups in total. The van der Waals surface area contributed by atoms with Gasteiger partial charge in [-0.2, -0.15) is 13.2 Å². The number of aromatic nitrogens is 2. The molecule has 0 aliphatic carbocycles. The van der Waals surface area contributed by atoms with Crippen molar-refractivity contribution >= 4 is 33.4 Å². The minimum Gasteiger partial charge on any atom is -0.403 e. The number of fused-ring (bicyclic) bond motifs is 2. The average molecular weight is 567 g/mol. The summed E-state index contributed by atoms with van der Waals surface area (Å²) in [5.41, 5.74) is -1.11. The zero-order chi connectivity index (χ0) is 28.4. The summed E-state index contributed by atoms with van der Waals surface area (Å²) in [5.74, 6) is -0.661. The van der Waals surface area contributed by atoms with Crippen molar-refractivity contribution in [3.8, 4) is 22.9 Å². The first kappa shape index (κ1) is 26.8. The summed E-state index contributed by atoms with van der Waals surface area (Å²) in [6, 6.07) is 21.9. The molecule has 40 heavy (non-hydrogen) atoms. The molecule has 0 radical (unpaired) electrons. The van der Waals surface area contributed by atoms with Gasteiger partial charge in [-0.15, -0.1) is 0 Å². The predicted octanol–water partition coefficient (Wildman–Crippen LogP) is 7.52. The molecule has 0 saturated carbocycles. The number of nitrogens with zero attached hydrogens (tertiary/aromatic N) is 2. The van der Waals surface area contributed by atoms with E-state index >= 15 is 0 Å². The van der Waals surface area contributed by atoms with Gasteiger partial charge in [0, 0.05) is 5.56 Å². The third-order valence-corrected chi connectivity index (χ3v) is 6.00. The molecule has 0 aliphatic rings. The Kier molecular flexibility index (Phi) is 7.19. The topological polar surface area (TPSA) is 86.2 Å². The first-order valence-corrected chi connectivity index (χ1v) is 11.9. The lowest BCUT2D eigenvalue weighted by Crippen LogP contribution is -2.06. The van der Waals surface area contributed by atoms with Gasteiger partial charge in [0.2, 0.25) is 11.8 Å². The van der Waals surface area contributed by atoms with Crippen LogP contribution in [0.1, 0.15) is 5.56 Å². The van der Waals surface area contributed by atoms with E-state index in [1.54, 1.807) is 42.5 Å². The normalized spacial score (nSPS) is 11.3. The van der Waals surface area contributed by atoms with Gasteiger partial charge < -0.3 is 8.83 Å². The largest absolute Gasteiger partial charge is 0.416 e. The summed E-state index contributed by atoms with van der Waals surface area (Å²) in [6.07, 6.45) is -4.49. The fourth-order valence-corrected chi connectivity index (χ4v) is 4.05. The second kappa shape index (κ2) is 10.7. The molecule has 11 heteroatoms. The van der Waals surface area contributed by atoms with Crippen LogP contribution in [0.4, 0.5) is 17.6 Å². The van der Waals surface area contributed by atoms with E-state index in [2.05, 4.69) is 9.97 Å². The van der Waals surface area contributed by atoms with E-state index in [0.29, 0.717) is 10.9 Å². The quantitative estimate of drug-likeness (QED) is 0.201. The van der Waals surface area contributed by atoms with Gasteiger partial charge in [0.15, 0.2) is 0 Å². The molecule has 0 unspecified atom stereocenters. The van der Waals surface area contributed by atoms with Gasteiger partial charge in [-0.3, -0.25) is 0 Å². The van der Waals surface area contributed by atoms with Gasteiger partial charge in [0.05, 0.1) is 32.6 Å². The first-order chi connectivity index (χ1) is 19.1. The van der Waals surface area contributed by atoms with Crippen LogP contribution >= 0.6 is 11.6 Å². The van der Waals surface area contributed by atoms with Crippen molar-refractivity contribution in [1.82, 2.24) is 9.97 Å². The van der Waals surface area contributed by atoms with Crippen molar-refractivity contribution in [2.45, 2.75) is 6.18 Å². The summed E-state index contributed by atoms with van der Waals surface area (Å²) in [5, 5.41) is 0.659. The number of hydrogen-bond donors (Lipinski definition) is 0. The van der Waals surface area contributed by atoms with Crippen LogP contribution in [0.15, 0.2) is 109 Å². The monoisotopic (exact) mass is 566 g/mol. The summed E-state index contributed by atoms with van der Waals surface area (Å²) in [7, 11) is 0.